The SMILES string of the molecule is CC(NC(=O)C1CCC(C(=O)O)O1)c1ccsc1. The highest BCUT2D eigenvalue weighted by Gasteiger charge is 2.35. The lowest BCUT2D eigenvalue weighted by molar-refractivity contribution is -0.151. The number of rotatable bonds is 4. The molecule has 6 heteroatoms. The lowest BCUT2D eigenvalue weighted by Gasteiger charge is -2.16. The maximum Gasteiger partial charge on any atom is 0.332 e. The van der Waals surface area contributed by atoms with Crippen LogP contribution in [0.4, 0.5) is 0 Å². The van der Waals surface area contributed by atoms with Crippen molar-refractivity contribution in [1.29, 1.82) is 0 Å². The summed E-state index contributed by atoms with van der Waals surface area (Å²) in [6.07, 6.45) is -0.649. The van der Waals surface area contributed by atoms with Gasteiger partial charge in [-0.15, -0.1) is 0 Å². The summed E-state index contributed by atoms with van der Waals surface area (Å²) in [7, 11) is 0. The number of carboxylic acids is 1. The molecule has 0 saturated carbocycles. The van der Waals surface area contributed by atoms with Gasteiger partial charge >= 0.3 is 5.97 Å². The van der Waals surface area contributed by atoms with Crippen molar-refractivity contribution in [3.8, 4) is 0 Å². The fourth-order valence-electron chi connectivity index (χ4n) is 1.92. The highest BCUT2D eigenvalue weighted by molar-refractivity contribution is 7.07. The van der Waals surface area contributed by atoms with Crippen LogP contribution in [0.15, 0.2) is 16.8 Å². The van der Waals surface area contributed by atoms with Crippen LogP contribution in [-0.4, -0.2) is 29.2 Å². The molecule has 1 saturated heterocycles. The number of hydrogen-bond acceptors (Lipinski definition) is 4. The Balaban J connectivity index is 1.87. The van der Waals surface area contributed by atoms with E-state index in [0.717, 1.165) is 5.56 Å². The van der Waals surface area contributed by atoms with Crippen LogP contribution in [0.5, 0.6) is 0 Å². The number of ether oxygens (including phenoxy) is 1. The van der Waals surface area contributed by atoms with E-state index in [1.807, 2.05) is 23.8 Å². The number of carboxylic acid groups (broad SMARTS) is 1. The molecule has 0 radical (unpaired) electrons. The van der Waals surface area contributed by atoms with Crippen molar-refractivity contribution >= 4 is 23.2 Å². The molecule has 98 valence electrons. The van der Waals surface area contributed by atoms with Crippen molar-refractivity contribution < 1.29 is 19.4 Å². The maximum atomic E-state index is 11.9. The second-order valence-electron chi connectivity index (χ2n) is 4.32. The number of nitrogens with one attached hydrogen (secondary N) is 1. The van der Waals surface area contributed by atoms with E-state index in [1.54, 1.807) is 11.3 Å². The molecule has 0 bridgehead atoms. The molecule has 0 spiro atoms. The number of aliphatic carboxylic acids is 1. The van der Waals surface area contributed by atoms with Crippen LogP contribution < -0.4 is 5.32 Å². The number of carbonyl (C=O) groups is 2. The van der Waals surface area contributed by atoms with Crippen LogP contribution in [0.1, 0.15) is 31.4 Å². The molecule has 0 aromatic carbocycles. The monoisotopic (exact) mass is 269 g/mol. The summed E-state index contributed by atoms with van der Waals surface area (Å²) in [4.78, 5) is 22.6. The third-order valence-corrected chi connectivity index (χ3v) is 3.69. The Morgan fingerprint density at radius 1 is 1.50 bits per heavy atom. The Morgan fingerprint density at radius 3 is 2.78 bits per heavy atom. The van der Waals surface area contributed by atoms with E-state index in [4.69, 9.17) is 9.84 Å². The topological polar surface area (TPSA) is 75.6 Å². The first-order chi connectivity index (χ1) is 8.58. The summed E-state index contributed by atoms with van der Waals surface area (Å²) in [5.41, 5.74) is 1.04. The highest BCUT2D eigenvalue weighted by Crippen LogP contribution is 2.22. The summed E-state index contributed by atoms with van der Waals surface area (Å²) < 4.78 is 5.19. The molecule has 1 aromatic rings. The fraction of sp³-hybridized carbons (Fsp3) is 0.500. The van der Waals surface area contributed by atoms with E-state index in [9.17, 15) is 9.59 Å². The van der Waals surface area contributed by atoms with Crippen molar-refractivity contribution in [3.05, 3.63) is 22.4 Å². The Bertz CT molecular complexity index is 431. The summed E-state index contributed by atoms with van der Waals surface area (Å²) in [6, 6.07) is 1.86. The van der Waals surface area contributed by atoms with E-state index in [0.29, 0.717) is 12.8 Å². The molecule has 1 aliphatic heterocycles. The van der Waals surface area contributed by atoms with Crippen LogP contribution in [0, 0.1) is 0 Å². The molecule has 1 fully saturated rings. The molecule has 2 N–H and O–H groups in total. The smallest absolute Gasteiger partial charge is 0.332 e. The highest BCUT2D eigenvalue weighted by atomic mass is 32.1. The minimum Gasteiger partial charge on any atom is -0.479 e. The molecule has 5 nitrogen and oxygen atoms in total. The molecule has 1 aromatic heterocycles. The van der Waals surface area contributed by atoms with E-state index >= 15 is 0 Å². The van der Waals surface area contributed by atoms with Gasteiger partial charge in [0, 0.05) is 0 Å². The third-order valence-electron chi connectivity index (χ3n) is 2.99. The second kappa shape index (κ2) is 5.49. The normalized spacial score (nSPS) is 24.7. The third kappa shape index (κ3) is 2.88. The molecule has 2 rings (SSSR count). The van der Waals surface area contributed by atoms with E-state index in [-0.39, 0.29) is 11.9 Å². The zero-order valence-electron chi connectivity index (χ0n) is 9.96. The van der Waals surface area contributed by atoms with Crippen LogP contribution in [-0.2, 0) is 14.3 Å². The zero-order valence-corrected chi connectivity index (χ0v) is 10.8. The van der Waals surface area contributed by atoms with Crippen LogP contribution >= 0.6 is 11.3 Å². The van der Waals surface area contributed by atoms with Crippen LogP contribution in [0.25, 0.3) is 0 Å². The van der Waals surface area contributed by atoms with Crippen LogP contribution in [0.2, 0.25) is 0 Å². The molecule has 2 heterocycles. The number of carbonyl (C=O) groups excluding carboxylic acids is 1. The van der Waals surface area contributed by atoms with Crippen molar-refractivity contribution in [1.82, 2.24) is 5.32 Å². The quantitative estimate of drug-likeness (QED) is 0.869. The lowest BCUT2D eigenvalue weighted by Crippen LogP contribution is -2.36. The molecule has 3 unspecified atom stereocenters. The van der Waals surface area contributed by atoms with Gasteiger partial charge in [0.2, 0.25) is 5.91 Å². The Kier molecular flexibility index (Phi) is 3.98. The molecule has 0 aliphatic carbocycles. The molecular formula is C12H15NO4S. The standard InChI is InChI=1S/C12H15NO4S/c1-7(8-4-5-18-6-8)13-11(14)9-2-3-10(17-9)12(15)16/h4-7,9-10H,2-3H2,1H3,(H,13,14)(H,15,16). The van der Waals surface area contributed by atoms with Gasteiger partial charge in [-0.2, -0.15) is 11.3 Å². The van der Waals surface area contributed by atoms with Gasteiger partial charge in [0.25, 0.3) is 0 Å². The van der Waals surface area contributed by atoms with Gasteiger partial charge in [-0.3, -0.25) is 4.79 Å². The number of thiophene rings is 1. The predicted molar refractivity (Wildman–Crippen MR) is 66.4 cm³/mol. The van der Waals surface area contributed by atoms with E-state index < -0.39 is 18.2 Å². The first-order valence-electron chi connectivity index (χ1n) is 5.78. The molecule has 1 amide bonds. The molecule has 1 aliphatic rings. The first-order valence-corrected chi connectivity index (χ1v) is 6.73. The Morgan fingerprint density at radius 2 is 2.22 bits per heavy atom. The van der Waals surface area contributed by atoms with Gasteiger partial charge in [-0.1, -0.05) is 0 Å². The van der Waals surface area contributed by atoms with E-state index in [1.165, 1.54) is 0 Å². The summed E-state index contributed by atoms with van der Waals surface area (Å²) in [5.74, 6) is -1.24. The van der Waals surface area contributed by atoms with Crippen molar-refractivity contribution in [3.63, 3.8) is 0 Å². The number of hydrogen-bond donors (Lipinski definition) is 2. The van der Waals surface area contributed by atoms with E-state index in [2.05, 4.69) is 5.32 Å². The Labute approximate surface area is 109 Å². The van der Waals surface area contributed by atoms with Gasteiger partial charge in [0.05, 0.1) is 6.04 Å². The fourth-order valence-corrected chi connectivity index (χ4v) is 2.68. The van der Waals surface area contributed by atoms with Crippen molar-refractivity contribution in [2.24, 2.45) is 0 Å². The lowest BCUT2D eigenvalue weighted by atomic mass is 10.1. The summed E-state index contributed by atoms with van der Waals surface area (Å²) >= 11 is 1.57. The zero-order chi connectivity index (χ0) is 13.1. The largest absolute Gasteiger partial charge is 0.479 e. The minimum absolute atomic E-state index is 0.0868. The Hall–Kier alpha value is -1.40. The second-order valence-corrected chi connectivity index (χ2v) is 5.10. The van der Waals surface area contributed by atoms with Crippen LogP contribution in [0.3, 0.4) is 0 Å². The molecule has 3 atom stereocenters. The average Bonchev–Trinajstić information content (AvgIpc) is 3.00. The predicted octanol–water partition coefficient (Wildman–Crippen LogP) is 1.56. The van der Waals surface area contributed by atoms with Crippen molar-refractivity contribution in [2.75, 3.05) is 0 Å². The van der Waals surface area contributed by atoms with Gasteiger partial charge < -0.3 is 15.2 Å². The van der Waals surface area contributed by atoms with Gasteiger partial charge in [0.1, 0.15) is 6.10 Å². The van der Waals surface area contributed by atoms with Gasteiger partial charge in [0.15, 0.2) is 6.10 Å². The van der Waals surface area contributed by atoms with Gasteiger partial charge in [-0.05, 0) is 42.2 Å². The molecular weight excluding hydrogens is 254 g/mol. The summed E-state index contributed by atoms with van der Waals surface area (Å²) in [6.45, 7) is 1.89. The maximum absolute atomic E-state index is 11.9. The average molecular weight is 269 g/mol. The van der Waals surface area contributed by atoms with Gasteiger partial charge in [-0.25, -0.2) is 4.79 Å². The summed E-state index contributed by atoms with van der Waals surface area (Å²) in [5, 5.41) is 15.5. The number of amides is 1. The molecule has 18 heavy (non-hydrogen) atoms. The first kappa shape index (κ1) is 13.0. The van der Waals surface area contributed by atoms with Crippen molar-refractivity contribution in [2.45, 2.75) is 38.0 Å². The minimum atomic E-state index is -1.00.